The maximum absolute atomic E-state index is 12.5. The van der Waals surface area contributed by atoms with Crippen molar-refractivity contribution in [3.05, 3.63) is 0 Å². The first-order chi connectivity index (χ1) is 4.31. The Labute approximate surface area is 58.4 Å². The first-order valence-electron chi connectivity index (χ1n) is 3.08. The zero-order valence-corrected chi connectivity index (χ0v) is 6.13. The zero-order valence-electron chi connectivity index (χ0n) is 6.13. The molecule has 1 nitrogen and oxygen atoms in total. The van der Waals surface area contributed by atoms with Gasteiger partial charge in [-0.3, -0.25) is 0 Å². The van der Waals surface area contributed by atoms with E-state index < -0.39 is 18.0 Å². The van der Waals surface area contributed by atoms with Crippen LogP contribution in [0.4, 0.5) is 13.2 Å². The number of rotatable bonds is 3. The molecular weight excluding hydrogens is 143 g/mol. The lowest BCUT2D eigenvalue weighted by atomic mass is 10.00. The molecule has 0 fully saturated rings. The van der Waals surface area contributed by atoms with Gasteiger partial charge in [-0.05, 0) is 20.4 Å². The van der Waals surface area contributed by atoms with Gasteiger partial charge in [0.15, 0.2) is 5.67 Å². The highest BCUT2D eigenvalue weighted by Crippen LogP contribution is 2.33. The van der Waals surface area contributed by atoms with Crippen LogP contribution in [0.3, 0.4) is 0 Å². The second-order valence-electron chi connectivity index (χ2n) is 2.72. The maximum Gasteiger partial charge on any atom is 0.282 e. The molecule has 62 valence electrons. The van der Waals surface area contributed by atoms with Crippen molar-refractivity contribution in [3.63, 3.8) is 0 Å². The van der Waals surface area contributed by atoms with Gasteiger partial charge in [0, 0.05) is 6.42 Å². The molecule has 10 heavy (non-hydrogen) atoms. The van der Waals surface area contributed by atoms with E-state index in [0.717, 1.165) is 13.8 Å². The first kappa shape index (κ1) is 9.75. The number of nitrogens with two attached hydrogens (primary N) is 1. The van der Waals surface area contributed by atoms with Crippen molar-refractivity contribution in [1.82, 2.24) is 0 Å². The van der Waals surface area contributed by atoms with Gasteiger partial charge in [-0.1, -0.05) is 0 Å². The van der Waals surface area contributed by atoms with Gasteiger partial charge in [-0.25, -0.2) is 13.2 Å². The quantitative estimate of drug-likeness (QED) is 0.659. The van der Waals surface area contributed by atoms with Crippen LogP contribution in [0.25, 0.3) is 0 Å². The van der Waals surface area contributed by atoms with E-state index in [1.54, 1.807) is 0 Å². The molecular formula is C6H12F3N. The van der Waals surface area contributed by atoms with E-state index >= 15 is 0 Å². The summed E-state index contributed by atoms with van der Waals surface area (Å²) in [6.45, 7) is 1.51. The molecule has 0 unspecified atom stereocenters. The molecule has 0 aromatic rings. The molecule has 0 aromatic heterocycles. The van der Waals surface area contributed by atoms with Crippen molar-refractivity contribution in [1.29, 1.82) is 0 Å². The number of hydrogen-bond donors (Lipinski definition) is 1. The number of hydrogen-bond acceptors (Lipinski definition) is 1. The second-order valence-corrected chi connectivity index (χ2v) is 2.72. The summed E-state index contributed by atoms with van der Waals surface area (Å²) in [6.07, 6.45) is -0.601. The Kier molecular flexibility index (Phi) is 2.71. The van der Waals surface area contributed by atoms with E-state index in [9.17, 15) is 13.2 Å². The monoisotopic (exact) mass is 155 g/mol. The van der Waals surface area contributed by atoms with Gasteiger partial charge < -0.3 is 5.73 Å². The molecule has 0 atom stereocenters. The third kappa shape index (κ3) is 2.17. The highest BCUT2D eigenvalue weighted by atomic mass is 19.3. The summed E-state index contributed by atoms with van der Waals surface area (Å²) >= 11 is 0. The van der Waals surface area contributed by atoms with Crippen LogP contribution in [0.2, 0.25) is 0 Å². The van der Waals surface area contributed by atoms with Crippen LogP contribution >= 0.6 is 0 Å². The van der Waals surface area contributed by atoms with Crippen molar-refractivity contribution in [2.45, 2.75) is 31.9 Å². The molecule has 0 rings (SSSR count). The molecule has 0 radical (unpaired) electrons. The van der Waals surface area contributed by atoms with Crippen LogP contribution < -0.4 is 5.73 Å². The Morgan fingerprint density at radius 3 is 1.70 bits per heavy atom. The minimum Gasteiger partial charge on any atom is -0.330 e. The molecule has 0 spiro atoms. The van der Waals surface area contributed by atoms with Crippen LogP contribution in [0, 0.1) is 0 Å². The largest absolute Gasteiger partial charge is 0.330 e. The predicted octanol–water partition coefficient (Wildman–Crippen LogP) is 1.72. The van der Waals surface area contributed by atoms with Gasteiger partial charge in [0.05, 0.1) is 0 Å². The van der Waals surface area contributed by atoms with Gasteiger partial charge in [0.25, 0.3) is 5.92 Å². The minimum atomic E-state index is -3.30. The van der Waals surface area contributed by atoms with Crippen molar-refractivity contribution in [2.24, 2.45) is 5.73 Å². The average molecular weight is 155 g/mol. The lowest BCUT2D eigenvalue weighted by Crippen LogP contribution is -2.40. The molecule has 0 heterocycles. The molecule has 0 saturated heterocycles. The smallest absolute Gasteiger partial charge is 0.282 e. The van der Waals surface area contributed by atoms with Crippen LogP contribution in [0.5, 0.6) is 0 Å². The molecule has 0 aliphatic carbocycles. The van der Waals surface area contributed by atoms with Gasteiger partial charge >= 0.3 is 0 Å². The fourth-order valence-corrected chi connectivity index (χ4v) is 0.479. The van der Waals surface area contributed by atoms with E-state index in [4.69, 9.17) is 5.73 Å². The third-order valence-electron chi connectivity index (χ3n) is 1.33. The molecule has 0 saturated carbocycles. The molecule has 0 amide bonds. The van der Waals surface area contributed by atoms with Crippen LogP contribution in [-0.4, -0.2) is 18.1 Å². The van der Waals surface area contributed by atoms with E-state index in [-0.39, 0.29) is 6.54 Å². The number of halogens is 3. The van der Waals surface area contributed by atoms with Crippen LogP contribution in [0.1, 0.15) is 20.3 Å². The minimum absolute atomic E-state index is 0.194. The lowest BCUT2D eigenvalue weighted by Gasteiger charge is -2.25. The van der Waals surface area contributed by atoms with Gasteiger partial charge in [0.2, 0.25) is 0 Å². The number of alkyl halides is 3. The van der Waals surface area contributed by atoms with E-state index in [1.807, 2.05) is 0 Å². The standard InChI is InChI=1S/C6H12F3N/c1-5(2,7)6(8,9)3-4-10/h3-4,10H2,1-2H3. The average Bonchev–Trinajstić information content (AvgIpc) is 1.61. The molecule has 0 bridgehead atoms. The van der Waals surface area contributed by atoms with Crippen molar-refractivity contribution >= 4 is 0 Å². The summed E-state index contributed by atoms with van der Waals surface area (Å²) in [5.41, 5.74) is 2.40. The Bertz CT molecular complexity index is 106. The van der Waals surface area contributed by atoms with Gasteiger partial charge in [-0.2, -0.15) is 0 Å². The third-order valence-corrected chi connectivity index (χ3v) is 1.33. The summed E-state index contributed by atoms with van der Waals surface area (Å²) in [5.74, 6) is -3.30. The van der Waals surface area contributed by atoms with Crippen LogP contribution in [-0.2, 0) is 0 Å². The Hall–Kier alpha value is -0.250. The zero-order chi connectivity index (χ0) is 8.41. The molecule has 0 aromatic carbocycles. The van der Waals surface area contributed by atoms with Crippen molar-refractivity contribution in [2.75, 3.05) is 6.54 Å². The predicted molar refractivity (Wildman–Crippen MR) is 33.8 cm³/mol. The van der Waals surface area contributed by atoms with Gasteiger partial charge in [0.1, 0.15) is 0 Å². The van der Waals surface area contributed by atoms with Crippen molar-refractivity contribution in [3.8, 4) is 0 Å². The normalized spacial score (nSPS) is 13.8. The summed E-state index contributed by atoms with van der Waals surface area (Å²) in [4.78, 5) is 0. The summed E-state index contributed by atoms with van der Waals surface area (Å²) in [5, 5.41) is 0. The highest BCUT2D eigenvalue weighted by Gasteiger charge is 2.46. The molecule has 0 aliphatic rings. The van der Waals surface area contributed by atoms with Gasteiger partial charge in [-0.15, -0.1) is 0 Å². The molecule has 0 aliphatic heterocycles. The summed E-state index contributed by atoms with van der Waals surface area (Å²) in [7, 11) is 0. The van der Waals surface area contributed by atoms with Crippen molar-refractivity contribution < 1.29 is 13.2 Å². The summed E-state index contributed by atoms with van der Waals surface area (Å²) in [6, 6.07) is 0. The fraction of sp³-hybridized carbons (Fsp3) is 1.00. The maximum atomic E-state index is 12.5. The fourth-order valence-electron chi connectivity index (χ4n) is 0.479. The van der Waals surface area contributed by atoms with E-state index in [1.165, 1.54) is 0 Å². The first-order valence-corrected chi connectivity index (χ1v) is 3.08. The Balaban J connectivity index is 4.10. The lowest BCUT2D eigenvalue weighted by molar-refractivity contribution is -0.123. The SMILES string of the molecule is CC(C)(F)C(F)(F)CCN. The topological polar surface area (TPSA) is 26.0 Å². The highest BCUT2D eigenvalue weighted by molar-refractivity contribution is 4.85. The van der Waals surface area contributed by atoms with E-state index in [0.29, 0.717) is 0 Å². The summed E-state index contributed by atoms with van der Waals surface area (Å²) < 4.78 is 37.5. The molecule has 4 heteroatoms. The Morgan fingerprint density at radius 1 is 1.20 bits per heavy atom. The van der Waals surface area contributed by atoms with E-state index in [2.05, 4.69) is 0 Å². The second kappa shape index (κ2) is 2.78. The Morgan fingerprint density at radius 2 is 1.60 bits per heavy atom. The van der Waals surface area contributed by atoms with Crippen LogP contribution in [0.15, 0.2) is 0 Å². The molecule has 2 N–H and O–H groups in total.